The Bertz CT molecular complexity index is 390. The summed E-state index contributed by atoms with van der Waals surface area (Å²) in [5.41, 5.74) is 0. The fourth-order valence-electron chi connectivity index (χ4n) is 1.64. The maximum atomic E-state index is 12.6. The second kappa shape index (κ2) is 5.09. The van der Waals surface area contributed by atoms with Gasteiger partial charge in [0.25, 0.3) is 0 Å². The quantitative estimate of drug-likeness (QED) is 0.850. The maximum absolute atomic E-state index is 12.6. The van der Waals surface area contributed by atoms with Crippen LogP contribution in [0.3, 0.4) is 0 Å². The van der Waals surface area contributed by atoms with Crippen LogP contribution in [0.4, 0.5) is 15.0 Å². The molecule has 17 heavy (non-hydrogen) atoms. The van der Waals surface area contributed by atoms with Crippen LogP contribution in [-0.2, 0) is 4.74 Å². The molecule has 5 nitrogen and oxygen atoms in total. The van der Waals surface area contributed by atoms with E-state index in [0.717, 1.165) is 12.6 Å². The first-order valence-corrected chi connectivity index (χ1v) is 5.40. The summed E-state index contributed by atoms with van der Waals surface area (Å²) < 4.78 is 17.8. The number of anilines is 1. The number of aromatic nitrogens is 1. The largest absolute Gasteiger partial charge is 0.379 e. The molecule has 2 rings (SSSR count). The first-order chi connectivity index (χ1) is 8.16. The summed E-state index contributed by atoms with van der Waals surface area (Å²) in [4.78, 5) is 17.2. The second-order valence-electron chi connectivity index (χ2n) is 3.92. The third-order valence-corrected chi connectivity index (χ3v) is 2.74. The highest BCUT2D eigenvalue weighted by atomic mass is 19.1. The molecule has 1 saturated heterocycles. The minimum Gasteiger partial charge on any atom is -0.379 e. The standard InChI is InChI=1S/C11H14FN3O2/c1-15(9-4-5-17-7-9)11(16)14-10-3-2-8(12)6-13-10/h2-3,6,9H,4-5,7H2,1H3,(H,13,14,16)/t9-/m0/s1. The van der Waals surface area contributed by atoms with Gasteiger partial charge in [-0.2, -0.15) is 0 Å². The molecule has 92 valence electrons. The smallest absolute Gasteiger partial charge is 0.323 e. The lowest BCUT2D eigenvalue weighted by molar-refractivity contribution is 0.163. The molecule has 0 bridgehead atoms. The van der Waals surface area contributed by atoms with E-state index in [2.05, 4.69) is 10.3 Å². The average molecular weight is 239 g/mol. The Morgan fingerprint density at radius 2 is 2.47 bits per heavy atom. The monoisotopic (exact) mass is 239 g/mol. The topological polar surface area (TPSA) is 54.5 Å². The summed E-state index contributed by atoms with van der Waals surface area (Å²) in [6.07, 6.45) is 1.90. The van der Waals surface area contributed by atoms with E-state index in [0.29, 0.717) is 19.0 Å². The van der Waals surface area contributed by atoms with E-state index in [1.165, 1.54) is 12.1 Å². The number of pyridine rings is 1. The number of hydrogen-bond acceptors (Lipinski definition) is 3. The maximum Gasteiger partial charge on any atom is 0.323 e. The highest BCUT2D eigenvalue weighted by Crippen LogP contribution is 2.12. The molecule has 1 aromatic heterocycles. The lowest BCUT2D eigenvalue weighted by atomic mass is 10.2. The number of likely N-dealkylation sites (N-methyl/N-ethyl adjacent to an activating group) is 1. The van der Waals surface area contributed by atoms with E-state index in [-0.39, 0.29) is 12.1 Å². The fraction of sp³-hybridized carbons (Fsp3) is 0.455. The van der Waals surface area contributed by atoms with Gasteiger partial charge in [0.05, 0.1) is 18.8 Å². The van der Waals surface area contributed by atoms with Crippen LogP contribution in [0.2, 0.25) is 0 Å². The fourth-order valence-corrected chi connectivity index (χ4v) is 1.64. The van der Waals surface area contributed by atoms with Crippen LogP contribution in [-0.4, -0.2) is 42.2 Å². The average Bonchev–Trinajstić information content (AvgIpc) is 2.84. The van der Waals surface area contributed by atoms with E-state index in [4.69, 9.17) is 4.74 Å². The number of halogens is 1. The van der Waals surface area contributed by atoms with Gasteiger partial charge in [-0.15, -0.1) is 0 Å². The van der Waals surface area contributed by atoms with Crippen molar-refractivity contribution in [1.29, 1.82) is 0 Å². The molecule has 1 N–H and O–H groups in total. The number of nitrogens with one attached hydrogen (secondary N) is 1. The Morgan fingerprint density at radius 3 is 3.06 bits per heavy atom. The van der Waals surface area contributed by atoms with Crippen LogP contribution in [0.5, 0.6) is 0 Å². The predicted octanol–water partition coefficient (Wildman–Crippen LogP) is 1.47. The van der Waals surface area contributed by atoms with E-state index < -0.39 is 5.82 Å². The minimum absolute atomic E-state index is 0.0930. The number of carbonyl (C=O) groups excluding carboxylic acids is 1. The normalized spacial score (nSPS) is 19.1. The molecule has 1 aromatic rings. The molecule has 1 aliphatic heterocycles. The number of urea groups is 1. The highest BCUT2D eigenvalue weighted by Gasteiger charge is 2.24. The van der Waals surface area contributed by atoms with Crippen molar-refractivity contribution >= 4 is 11.8 Å². The molecule has 1 aliphatic rings. The number of hydrogen-bond donors (Lipinski definition) is 1. The molecule has 0 unspecified atom stereocenters. The SMILES string of the molecule is CN(C(=O)Nc1ccc(F)cn1)[C@H]1CCOC1. The molecule has 1 fully saturated rings. The number of carbonyl (C=O) groups is 1. The van der Waals surface area contributed by atoms with Crippen LogP contribution in [0, 0.1) is 5.82 Å². The molecular weight excluding hydrogens is 225 g/mol. The molecule has 0 aliphatic carbocycles. The second-order valence-corrected chi connectivity index (χ2v) is 3.92. The van der Waals surface area contributed by atoms with E-state index >= 15 is 0 Å². The Balaban J connectivity index is 1.93. The summed E-state index contributed by atoms with van der Waals surface area (Å²) in [6, 6.07) is 2.50. The number of amides is 2. The zero-order valence-electron chi connectivity index (χ0n) is 9.52. The number of rotatable bonds is 2. The van der Waals surface area contributed by atoms with Gasteiger partial charge in [-0.1, -0.05) is 0 Å². The van der Waals surface area contributed by atoms with E-state index in [9.17, 15) is 9.18 Å². The lowest BCUT2D eigenvalue weighted by Gasteiger charge is -2.23. The van der Waals surface area contributed by atoms with Gasteiger partial charge in [-0.05, 0) is 18.6 Å². The lowest BCUT2D eigenvalue weighted by Crippen LogP contribution is -2.40. The van der Waals surface area contributed by atoms with Gasteiger partial charge in [0.2, 0.25) is 0 Å². The third kappa shape index (κ3) is 2.91. The Labute approximate surface area is 98.6 Å². The van der Waals surface area contributed by atoms with Crippen molar-refractivity contribution in [3.63, 3.8) is 0 Å². The highest BCUT2D eigenvalue weighted by molar-refractivity contribution is 5.88. The minimum atomic E-state index is -0.430. The number of ether oxygens (including phenoxy) is 1. The van der Waals surface area contributed by atoms with E-state index in [1.807, 2.05) is 0 Å². The van der Waals surface area contributed by atoms with Gasteiger partial charge in [-0.3, -0.25) is 5.32 Å². The summed E-state index contributed by atoms with van der Waals surface area (Å²) in [7, 11) is 1.71. The van der Waals surface area contributed by atoms with Gasteiger partial charge in [0.15, 0.2) is 0 Å². The van der Waals surface area contributed by atoms with Crippen molar-refractivity contribution in [2.45, 2.75) is 12.5 Å². The Morgan fingerprint density at radius 1 is 1.65 bits per heavy atom. The number of nitrogens with zero attached hydrogens (tertiary/aromatic N) is 2. The molecule has 2 amide bonds. The van der Waals surface area contributed by atoms with Crippen LogP contribution < -0.4 is 5.32 Å². The van der Waals surface area contributed by atoms with Gasteiger partial charge >= 0.3 is 6.03 Å². The molecule has 0 saturated carbocycles. The van der Waals surface area contributed by atoms with Crippen molar-refractivity contribution in [1.82, 2.24) is 9.88 Å². The van der Waals surface area contributed by atoms with Crippen LogP contribution >= 0.6 is 0 Å². The summed E-state index contributed by atoms with van der Waals surface area (Å²) in [5, 5.41) is 2.60. The molecular formula is C11H14FN3O2. The first kappa shape index (κ1) is 11.8. The molecule has 0 aromatic carbocycles. The van der Waals surface area contributed by atoms with Crippen molar-refractivity contribution in [2.24, 2.45) is 0 Å². The summed E-state index contributed by atoms with van der Waals surface area (Å²) in [5.74, 6) is -0.0947. The summed E-state index contributed by atoms with van der Waals surface area (Å²) in [6.45, 7) is 1.23. The van der Waals surface area contributed by atoms with Crippen molar-refractivity contribution in [3.8, 4) is 0 Å². The molecule has 0 spiro atoms. The molecule has 0 radical (unpaired) electrons. The van der Waals surface area contributed by atoms with Crippen LogP contribution in [0.25, 0.3) is 0 Å². The van der Waals surface area contributed by atoms with Gasteiger partial charge < -0.3 is 9.64 Å². The molecule has 2 heterocycles. The van der Waals surface area contributed by atoms with Crippen LogP contribution in [0.15, 0.2) is 18.3 Å². The van der Waals surface area contributed by atoms with Crippen molar-refractivity contribution in [3.05, 3.63) is 24.1 Å². The zero-order chi connectivity index (χ0) is 12.3. The first-order valence-electron chi connectivity index (χ1n) is 5.40. The van der Waals surface area contributed by atoms with E-state index in [1.54, 1.807) is 11.9 Å². The van der Waals surface area contributed by atoms with Crippen molar-refractivity contribution in [2.75, 3.05) is 25.6 Å². The van der Waals surface area contributed by atoms with Crippen molar-refractivity contribution < 1.29 is 13.9 Å². The van der Waals surface area contributed by atoms with Crippen LogP contribution in [0.1, 0.15) is 6.42 Å². The third-order valence-electron chi connectivity index (χ3n) is 2.74. The molecule has 1 atom stereocenters. The Kier molecular flexibility index (Phi) is 3.53. The van der Waals surface area contributed by atoms with Gasteiger partial charge in [0.1, 0.15) is 11.6 Å². The van der Waals surface area contributed by atoms with Gasteiger partial charge in [0, 0.05) is 13.7 Å². The Hall–Kier alpha value is -1.69. The predicted molar refractivity (Wildman–Crippen MR) is 60.2 cm³/mol. The van der Waals surface area contributed by atoms with Gasteiger partial charge in [-0.25, -0.2) is 14.2 Å². The zero-order valence-corrected chi connectivity index (χ0v) is 9.52. The summed E-state index contributed by atoms with van der Waals surface area (Å²) >= 11 is 0. The molecule has 6 heteroatoms.